The molecular weight excluding hydrogens is 347 g/mol. The van der Waals surface area contributed by atoms with Crippen molar-refractivity contribution < 1.29 is 18.7 Å². The maximum atomic E-state index is 13.3. The van der Waals surface area contributed by atoms with Crippen molar-refractivity contribution in [2.75, 3.05) is 18.5 Å². The minimum atomic E-state index is -0.334. The molecule has 0 fully saturated rings. The van der Waals surface area contributed by atoms with E-state index in [2.05, 4.69) is 5.32 Å². The quantitative estimate of drug-likeness (QED) is 0.902. The van der Waals surface area contributed by atoms with Gasteiger partial charge in [-0.05, 0) is 36.1 Å². The molecule has 0 unspecified atom stereocenters. The second kappa shape index (κ2) is 7.39. The van der Waals surface area contributed by atoms with Gasteiger partial charge in [-0.3, -0.25) is 9.59 Å². The molecule has 0 saturated heterocycles. The summed E-state index contributed by atoms with van der Waals surface area (Å²) < 4.78 is 18.9. The predicted molar refractivity (Wildman–Crippen MR) is 99.0 cm³/mol. The zero-order valence-electron chi connectivity index (χ0n) is 15.0. The molecule has 2 aliphatic rings. The topological polar surface area (TPSA) is 58.6 Å². The number of aryl methyl sites for hydroxylation is 1. The Kier molecular flexibility index (Phi) is 4.79. The fraction of sp³-hybridized carbons (Fsp3) is 0.333. The number of amides is 2. The van der Waals surface area contributed by atoms with Gasteiger partial charge in [0.2, 0.25) is 11.8 Å². The molecule has 4 rings (SSSR count). The van der Waals surface area contributed by atoms with Gasteiger partial charge in [0, 0.05) is 30.3 Å². The van der Waals surface area contributed by atoms with Gasteiger partial charge in [-0.2, -0.15) is 0 Å². The number of nitrogens with one attached hydrogen (secondary N) is 1. The summed E-state index contributed by atoms with van der Waals surface area (Å²) in [5.41, 5.74) is 3.88. The van der Waals surface area contributed by atoms with Crippen LogP contribution in [0.2, 0.25) is 0 Å². The highest BCUT2D eigenvalue weighted by Gasteiger charge is 2.20. The molecule has 0 radical (unpaired) electrons. The first-order valence-corrected chi connectivity index (χ1v) is 9.19. The van der Waals surface area contributed by atoms with Crippen LogP contribution in [-0.2, 0) is 29.0 Å². The molecule has 6 heteroatoms. The van der Waals surface area contributed by atoms with E-state index in [1.54, 1.807) is 11.0 Å². The van der Waals surface area contributed by atoms with Crippen LogP contribution >= 0.6 is 0 Å². The van der Waals surface area contributed by atoms with Gasteiger partial charge in [0.15, 0.2) is 0 Å². The van der Waals surface area contributed by atoms with Gasteiger partial charge < -0.3 is 15.0 Å². The number of hydrogen-bond acceptors (Lipinski definition) is 3. The van der Waals surface area contributed by atoms with Crippen molar-refractivity contribution in [2.45, 2.75) is 32.2 Å². The molecule has 0 bridgehead atoms. The molecule has 2 aliphatic heterocycles. The maximum absolute atomic E-state index is 13.3. The number of nitrogens with zero attached hydrogens (tertiary/aromatic N) is 1. The van der Waals surface area contributed by atoms with E-state index in [1.165, 1.54) is 12.1 Å². The van der Waals surface area contributed by atoms with E-state index >= 15 is 0 Å². The Morgan fingerprint density at radius 3 is 2.96 bits per heavy atom. The lowest BCUT2D eigenvalue weighted by molar-refractivity contribution is -0.132. The van der Waals surface area contributed by atoms with Crippen molar-refractivity contribution in [3.05, 3.63) is 58.9 Å². The number of carbonyl (C=O) groups is 2. The Bertz CT molecular complexity index is 897. The molecule has 0 saturated carbocycles. The summed E-state index contributed by atoms with van der Waals surface area (Å²) in [6.45, 7) is 1.32. The monoisotopic (exact) mass is 368 g/mol. The van der Waals surface area contributed by atoms with Gasteiger partial charge in [0.05, 0.1) is 13.0 Å². The van der Waals surface area contributed by atoms with Crippen molar-refractivity contribution in [3.8, 4) is 5.75 Å². The van der Waals surface area contributed by atoms with Crippen LogP contribution in [0.4, 0.5) is 10.1 Å². The highest BCUT2D eigenvalue weighted by molar-refractivity contribution is 5.99. The highest BCUT2D eigenvalue weighted by Crippen LogP contribution is 2.26. The van der Waals surface area contributed by atoms with Crippen LogP contribution in [-0.4, -0.2) is 29.9 Å². The third-order valence-corrected chi connectivity index (χ3v) is 5.01. The molecule has 5 nitrogen and oxygen atoms in total. The maximum Gasteiger partial charge on any atom is 0.228 e. The lowest BCUT2D eigenvalue weighted by atomic mass is 10.0. The summed E-state index contributed by atoms with van der Waals surface area (Å²) in [5, 5.41) is 2.82. The number of ether oxygens (including phenoxy) is 1. The summed E-state index contributed by atoms with van der Waals surface area (Å²) in [6, 6.07) is 10.4. The first kappa shape index (κ1) is 17.5. The first-order chi connectivity index (χ1) is 13.1. The van der Waals surface area contributed by atoms with E-state index in [0.717, 1.165) is 35.2 Å². The van der Waals surface area contributed by atoms with Crippen LogP contribution in [0.25, 0.3) is 0 Å². The highest BCUT2D eigenvalue weighted by atomic mass is 19.1. The third-order valence-electron chi connectivity index (χ3n) is 5.01. The average molecular weight is 368 g/mol. The summed E-state index contributed by atoms with van der Waals surface area (Å²) in [6.07, 6.45) is 2.41. The summed E-state index contributed by atoms with van der Waals surface area (Å²) in [5.74, 6) is 0.293. The minimum Gasteiger partial charge on any atom is -0.491 e. The molecule has 0 aromatic heterocycles. The Morgan fingerprint density at radius 2 is 2.07 bits per heavy atom. The smallest absolute Gasteiger partial charge is 0.228 e. The predicted octanol–water partition coefficient (Wildman–Crippen LogP) is 3.06. The van der Waals surface area contributed by atoms with Gasteiger partial charge in [-0.1, -0.05) is 18.2 Å². The molecule has 0 atom stereocenters. The Labute approximate surface area is 157 Å². The molecular formula is C21H21FN2O3. The molecule has 0 spiro atoms. The largest absolute Gasteiger partial charge is 0.491 e. The van der Waals surface area contributed by atoms with Gasteiger partial charge in [-0.15, -0.1) is 0 Å². The van der Waals surface area contributed by atoms with E-state index in [1.807, 2.05) is 18.2 Å². The van der Waals surface area contributed by atoms with Crippen LogP contribution in [0.3, 0.4) is 0 Å². The number of anilines is 1. The van der Waals surface area contributed by atoms with Gasteiger partial charge >= 0.3 is 0 Å². The third kappa shape index (κ3) is 3.94. The molecule has 27 heavy (non-hydrogen) atoms. The normalized spacial score (nSPS) is 15.4. The number of carbonyl (C=O) groups excluding carboxylic acids is 2. The Morgan fingerprint density at radius 1 is 1.19 bits per heavy atom. The number of benzene rings is 2. The van der Waals surface area contributed by atoms with E-state index in [-0.39, 0.29) is 17.6 Å². The number of fused-ring (bicyclic) bond motifs is 2. The van der Waals surface area contributed by atoms with Crippen molar-refractivity contribution >= 4 is 17.5 Å². The summed E-state index contributed by atoms with van der Waals surface area (Å²) in [4.78, 5) is 25.8. The average Bonchev–Trinajstić information content (AvgIpc) is 2.88. The number of rotatable bonds is 4. The second-order valence-electron chi connectivity index (χ2n) is 6.99. The number of halogens is 1. The van der Waals surface area contributed by atoms with Crippen LogP contribution < -0.4 is 10.1 Å². The summed E-state index contributed by atoms with van der Waals surface area (Å²) >= 11 is 0. The fourth-order valence-electron chi connectivity index (χ4n) is 3.60. The summed E-state index contributed by atoms with van der Waals surface area (Å²) in [7, 11) is 0. The molecule has 2 aromatic rings. The van der Waals surface area contributed by atoms with Crippen LogP contribution in [0.1, 0.15) is 29.5 Å². The molecule has 2 aromatic carbocycles. The Hall–Kier alpha value is -2.89. The first-order valence-electron chi connectivity index (χ1n) is 9.19. The van der Waals surface area contributed by atoms with E-state index < -0.39 is 0 Å². The van der Waals surface area contributed by atoms with Crippen LogP contribution in [0, 0.1) is 5.82 Å². The van der Waals surface area contributed by atoms with Gasteiger partial charge in [-0.25, -0.2) is 4.39 Å². The standard InChI is InChI=1S/C21H21FN2O3/c22-17-6-5-15-13-24(8-9-27-19(15)12-17)21(26)3-1-2-14-4-7-18-16(10-14)11-20(25)23-18/h4-7,10,12H,1-3,8-9,11,13H2,(H,23,25). The zero-order chi connectivity index (χ0) is 18.8. The molecule has 1 N–H and O–H groups in total. The Balaban J connectivity index is 1.32. The van der Waals surface area contributed by atoms with Crippen LogP contribution in [0.5, 0.6) is 5.75 Å². The van der Waals surface area contributed by atoms with E-state index in [0.29, 0.717) is 38.3 Å². The number of hydrogen-bond donors (Lipinski definition) is 1. The van der Waals surface area contributed by atoms with Crippen LogP contribution in [0.15, 0.2) is 36.4 Å². The fourth-order valence-corrected chi connectivity index (χ4v) is 3.60. The SMILES string of the molecule is O=C1Cc2cc(CCCC(=O)N3CCOc4cc(F)ccc4C3)ccc2N1. The van der Waals surface area contributed by atoms with Crippen molar-refractivity contribution in [2.24, 2.45) is 0 Å². The van der Waals surface area contributed by atoms with E-state index in [9.17, 15) is 14.0 Å². The van der Waals surface area contributed by atoms with E-state index in [4.69, 9.17) is 4.74 Å². The van der Waals surface area contributed by atoms with Gasteiger partial charge in [0.25, 0.3) is 0 Å². The molecule has 0 aliphatic carbocycles. The lowest BCUT2D eigenvalue weighted by Crippen LogP contribution is -2.32. The second-order valence-corrected chi connectivity index (χ2v) is 6.99. The molecule has 2 amide bonds. The van der Waals surface area contributed by atoms with Crippen molar-refractivity contribution in [1.82, 2.24) is 4.90 Å². The molecule has 2 heterocycles. The zero-order valence-corrected chi connectivity index (χ0v) is 15.0. The van der Waals surface area contributed by atoms with Crippen molar-refractivity contribution in [1.29, 1.82) is 0 Å². The van der Waals surface area contributed by atoms with Gasteiger partial charge in [0.1, 0.15) is 18.2 Å². The minimum absolute atomic E-state index is 0.0286. The molecule has 140 valence electrons. The van der Waals surface area contributed by atoms with Crippen molar-refractivity contribution in [3.63, 3.8) is 0 Å². The lowest BCUT2D eigenvalue weighted by Gasteiger charge is -2.19.